The Balaban J connectivity index is 4.67. The lowest BCUT2D eigenvalue weighted by Crippen LogP contribution is -2.53. The second-order valence-corrected chi connectivity index (χ2v) is 6.02. The largest absolute Gasteiger partial charge is 0.329 e. The van der Waals surface area contributed by atoms with E-state index in [1.54, 1.807) is 0 Å². The van der Waals surface area contributed by atoms with Gasteiger partial charge >= 0.3 is 0 Å². The van der Waals surface area contributed by atoms with E-state index < -0.39 is 0 Å². The summed E-state index contributed by atoms with van der Waals surface area (Å²) in [6.07, 6.45) is 3.74. The molecule has 0 aromatic rings. The van der Waals surface area contributed by atoms with Crippen molar-refractivity contribution in [3.63, 3.8) is 0 Å². The zero-order chi connectivity index (χ0) is 13.5. The molecule has 104 valence electrons. The molecule has 2 heteroatoms. The number of hydrogen-bond donors (Lipinski definition) is 1. The second-order valence-electron chi connectivity index (χ2n) is 6.02. The standard InChI is InChI=1S/C15H34N2/c1-7-14(8-2)11-17(9-3)15(6,12-16)10-13(4)5/h13-14H,7-12,16H2,1-6H3. The lowest BCUT2D eigenvalue weighted by molar-refractivity contribution is 0.0752. The van der Waals surface area contributed by atoms with Crippen LogP contribution in [0, 0.1) is 11.8 Å². The van der Waals surface area contributed by atoms with Crippen LogP contribution in [0.2, 0.25) is 0 Å². The van der Waals surface area contributed by atoms with E-state index in [1.165, 1.54) is 25.8 Å². The predicted molar refractivity (Wildman–Crippen MR) is 78.2 cm³/mol. The van der Waals surface area contributed by atoms with Gasteiger partial charge in [-0.05, 0) is 31.7 Å². The molecule has 0 heterocycles. The van der Waals surface area contributed by atoms with E-state index in [9.17, 15) is 0 Å². The van der Waals surface area contributed by atoms with Gasteiger partial charge in [0, 0.05) is 18.6 Å². The summed E-state index contributed by atoms with van der Waals surface area (Å²) in [4.78, 5) is 2.60. The maximum absolute atomic E-state index is 6.05. The quantitative estimate of drug-likeness (QED) is 0.670. The van der Waals surface area contributed by atoms with Crippen molar-refractivity contribution in [3.05, 3.63) is 0 Å². The minimum absolute atomic E-state index is 0.172. The SMILES string of the molecule is CCC(CC)CN(CC)C(C)(CN)CC(C)C. The molecule has 0 rings (SSSR count). The van der Waals surface area contributed by atoms with Gasteiger partial charge in [0.2, 0.25) is 0 Å². The Kier molecular flexibility index (Phi) is 8.06. The van der Waals surface area contributed by atoms with Crippen LogP contribution < -0.4 is 5.73 Å². The van der Waals surface area contributed by atoms with E-state index in [0.717, 1.165) is 19.0 Å². The molecule has 0 bridgehead atoms. The van der Waals surface area contributed by atoms with Gasteiger partial charge in [-0.3, -0.25) is 4.90 Å². The monoisotopic (exact) mass is 242 g/mol. The van der Waals surface area contributed by atoms with Crippen molar-refractivity contribution in [2.75, 3.05) is 19.6 Å². The summed E-state index contributed by atoms with van der Waals surface area (Å²) in [6, 6.07) is 0. The van der Waals surface area contributed by atoms with E-state index in [-0.39, 0.29) is 5.54 Å². The normalized spacial score (nSPS) is 15.9. The van der Waals surface area contributed by atoms with E-state index >= 15 is 0 Å². The first-order valence-corrected chi connectivity index (χ1v) is 7.38. The van der Waals surface area contributed by atoms with Gasteiger partial charge in [-0.15, -0.1) is 0 Å². The van der Waals surface area contributed by atoms with Crippen LogP contribution in [-0.4, -0.2) is 30.1 Å². The minimum atomic E-state index is 0.172. The summed E-state index contributed by atoms with van der Waals surface area (Å²) >= 11 is 0. The third kappa shape index (κ3) is 5.39. The Morgan fingerprint density at radius 2 is 1.65 bits per heavy atom. The first-order valence-electron chi connectivity index (χ1n) is 7.38. The average molecular weight is 242 g/mol. The Labute approximate surface area is 109 Å². The number of nitrogens with zero attached hydrogens (tertiary/aromatic N) is 1. The van der Waals surface area contributed by atoms with Gasteiger partial charge in [-0.2, -0.15) is 0 Å². The molecule has 2 N–H and O–H groups in total. The van der Waals surface area contributed by atoms with Crippen LogP contribution in [-0.2, 0) is 0 Å². The van der Waals surface area contributed by atoms with Crippen molar-refractivity contribution in [2.24, 2.45) is 17.6 Å². The summed E-state index contributed by atoms with van der Waals surface area (Å²) in [6.45, 7) is 16.8. The van der Waals surface area contributed by atoms with Crippen molar-refractivity contribution in [2.45, 2.75) is 66.3 Å². The highest BCUT2D eigenvalue weighted by Crippen LogP contribution is 2.25. The summed E-state index contributed by atoms with van der Waals surface area (Å²) in [5, 5.41) is 0. The molecule has 2 nitrogen and oxygen atoms in total. The Morgan fingerprint density at radius 3 is 1.94 bits per heavy atom. The van der Waals surface area contributed by atoms with Crippen LogP contribution in [0.1, 0.15) is 60.8 Å². The third-order valence-corrected chi connectivity index (χ3v) is 4.07. The van der Waals surface area contributed by atoms with E-state index in [2.05, 4.69) is 46.4 Å². The first-order chi connectivity index (χ1) is 7.93. The maximum Gasteiger partial charge on any atom is 0.0306 e. The molecule has 1 unspecified atom stereocenters. The molecule has 0 spiro atoms. The van der Waals surface area contributed by atoms with E-state index in [0.29, 0.717) is 5.92 Å². The van der Waals surface area contributed by atoms with Gasteiger partial charge in [-0.25, -0.2) is 0 Å². The highest BCUT2D eigenvalue weighted by Gasteiger charge is 2.31. The summed E-state index contributed by atoms with van der Waals surface area (Å²) in [7, 11) is 0. The molecule has 0 aliphatic carbocycles. The summed E-state index contributed by atoms with van der Waals surface area (Å²) in [5.41, 5.74) is 6.22. The van der Waals surface area contributed by atoms with Gasteiger partial charge in [0.05, 0.1) is 0 Å². The molecule has 0 radical (unpaired) electrons. The molecule has 0 aliphatic rings. The molecule has 0 aromatic carbocycles. The van der Waals surface area contributed by atoms with E-state index in [4.69, 9.17) is 5.73 Å². The number of hydrogen-bond acceptors (Lipinski definition) is 2. The molecular formula is C15H34N2. The van der Waals surface area contributed by atoms with Gasteiger partial charge in [-0.1, -0.05) is 47.5 Å². The average Bonchev–Trinajstić information content (AvgIpc) is 2.29. The van der Waals surface area contributed by atoms with Crippen LogP contribution >= 0.6 is 0 Å². The molecule has 17 heavy (non-hydrogen) atoms. The van der Waals surface area contributed by atoms with Gasteiger partial charge in [0.15, 0.2) is 0 Å². The molecular weight excluding hydrogens is 208 g/mol. The Morgan fingerprint density at radius 1 is 1.12 bits per heavy atom. The second kappa shape index (κ2) is 8.10. The van der Waals surface area contributed by atoms with Gasteiger partial charge in [0.25, 0.3) is 0 Å². The fourth-order valence-corrected chi connectivity index (χ4v) is 2.81. The lowest BCUT2D eigenvalue weighted by Gasteiger charge is -2.43. The summed E-state index contributed by atoms with van der Waals surface area (Å²) in [5.74, 6) is 1.52. The van der Waals surface area contributed by atoms with Crippen molar-refractivity contribution in [1.82, 2.24) is 4.90 Å². The zero-order valence-corrected chi connectivity index (χ0v) is 12.9. The van der Waals surface area contributed by atoms with E-state index in [1.807, 2.05) is 0 Å². The van der Waals surface area contributed by atoms with Crippen LogP contribution in [0.5, 0.6) is 0 Å². The molecule has 0 saturated carbocycles. The third-order valence-electron chi connectivity index (χ3n) is 4.07. The van der Waals surface area contributed by atoms with Crippen LogP contribution in [0.25, 0.3) is 0 Å². The van der Waals surface area contributed by atoms with Crippen molar-refractivity contribution >= 4 is 0 Å². The zero-order valence-electron chi connectivity index (χ0n) is 12.9. The maximum atomic E-state index is 6.05. The summed E-state index contributed by atoms with van der Waals surface area (Å²) < 4.78 is 0. The Hall–Kier alpha value is -0.0800. The highest BCUT2D eigenvalue weighted by molar-refractivity contribution is 4.88. The number of likely N-dealkylation sites (N-methyl/N-ethyl adjacent to an activating group) is 1. The molecule has 0 aliphatic heterocycles. The molecule has 0 saturated heterocycles. The molecule has 0 amide bonds. The van der Waals surface area contributed by atoms with Crippen molar-refractivity contribution in [3.8, 4) is 0 Å². The highest BCUT2D eigenvalue weighted by atomic mass is 15.2. The fraction of sp³-hybridized carbons (Fsp3) is 1.00. The van der Waals surface area contributed by atoms with Crippen molar-refractivity contribution in [1.29, 1.82) is 0 Å². The van der Waals surface area contributed by atoms with Gasteiger partial charge in [0.1, 0.15) is 0 Å². The fourth-order valence-electron chi connectivity index (χ4n) is 2.81. The topological polar surface area (TPSA) is 29.3 Å². The smallest absolute Gasteiger partial charge is 0.0306 e. The molecule has 0 fully saturated rings. The van der Waals surface area contributed by atoms with Crippen LogP contribution in [0.3, 0.4) is 0 Å². The first kappa shape index (κ1) is 16.9. The van der Waals surface area contributed by atoms with Crippen LogP contribution in [0.15, 0.2) is 0 Å². The van der Waals surface area contributed by atoms with Crippen LogP contribution in [0.4, 0.5) is 0 Å². The van der Waals surface area contributed by atoms with Gasteiger partial charge < -0.3 is 5.73 Å². The van der Waals surface area contributed by atoms with Crippen molar-refractivity contribution < 1.29 is 0 Å². The number of rotatable bonds is 9. The Bertz CT molecular complexity index is 187. The lowest BCUT2D eigenvalue weighted by atomic mass is 9.87. The number of nitrogens with two attached hydrogens (primary N) is 1. The predicted octanol–water partition coefficient (Wildman–Crippen LogP) is 3.51. The molecule has 1 atom stereocenters. The minimum Gasteiger partial charge on any atom is -0.329 e. The molecule has 0 aromatic heterocycles.